The number of hydrogen-bond acceptors (Lipinski definition) is 8. The van der Waals surface area contributed by atoms with Crippen LogP contribution in [0.4, 0.5) is 17.2 Å². The minimum absolute atomic E-state index is 0.0761. The average molecular weight is 366 g/mol. The maximum atomic E-state index is 11.3. The number of fused-ring (bicyclic) bond motifs is 1. The first-order valence-corrected chi connectivity index (χ1v) is 8.54. The van der Waals surface area contributed by atoms with Crippen molar-refractivity contribution in [1.29, 1.82) is 0 Å². The van der Waals surface area contributed by atoms with Crippen molar-refractivity contribution < 1.29 is 9.66 Å². The van der Waals surface area contributed by atoms with E-state index in [2.05, 4.69) is 24.8 Å². The zero-order valence-corrected chi connectivity index (χ0v) is 14.8. The molecule has 1 aliphatic rings. The zero-order valence-electron chi connectivity index (χ0n) is 14.8. The van der Waals surface area contributed by atoms with Crippen LogP contribution in [0, 0.1) is 10.1 Å². The largest absolute Gasteiger partial charge is 0.480 e. The van der Waals surface area contributed by atoms with Crippen LogP contribution in [-0.4, -0.2) is 53.2 Å². The van der Waals surface area contributed by atoms with Crippen molar-refractivity contribution in [2.75, 3.05) is 43.1 Å². The summed E-state index contributed by atoms with van der Waals surface area (Å²) in [5, 5.41) is 12.7. The minimum Gasteiger partial charge on any atom is -0.480 e. The number of nitrogens with zero attached hydrogens (tertiary/aromatic N) is 6. The molecule has 2 aromatic heterocycles. The number of benzene rings is 1. The zero-order chi connectivity index (χ0) is 18.8. The van der Waals surface area contributed by atoms with Crippen molar-refractivity contribution in [1.82, 2.24) is 15.0 Å². The number of hydrogen-bond donors (Lipinski definition) is 0. The summed E-state index contributed by atoms with van der Waals surface area (Å²) in [6.45, 7) is 3.08. The van der Waals surface area contributed by atoms with Crippen molar-refractivity contribution in [2.45, 2.75) is 0 Å². The Bertz CT molecular complexity index is 988. The molecule has 0 spiro atoms. The van der Waals surface area contributed by atoms with Crippen molar-refractivity contribution in [3.05, 3.63) is 53.1 Å². The van der Waals surface area contributed by atoms with E-state index in [0.717, 1.165) is 43.1 Å². The molecule has 1 aliphatic heterocycles. The Morgan fingerprint density at radius 3 is 2.52 bits per heavy atom. The Labute approximate surface area is 155 Å². The van der Waals surface area contributed by atoms with Gasteiger partial charge in [0.05, 0.1) is 29.8 Å². The number of pyridine rings is 1. The monoisotopic (exact) mass is 366 g/mol. The molecule has 1 aromatic carbocycles. The Hall–Kier alpha value is -3.49. The molecule has 9 nitrogen and oxygen atoms in total. The van der Waals surface area contributed by atoms with E-state index >= 15 is 0 Å². The lowest BCUT2D eigenvalue weighted by Gasteiger charge is -2.37. The molecule has 3 aromatic rings. The van der Waals surface area contributed by atoms with Gasteiger partial charge in [0.1, 0.15) is 0 Å². The van der Waals surface area contributed by atoms with Crippen LogP contribution in [0.2, 0.25) is 0 Å². The SMILES string of the molecule is COc1cncc(N2CCN(c3ccc([N+](=O)[O-])c4cnccc34)CC2)n1. The number of nitro benzene ring substituents is 1. The van der Waals surface area contributed by atoms with E-state index in [9.17, 15) is 10.1 Å². The van der Waals surface area contributed by atoms with Gasteiger partial charge in [0.2, 0.25) is 5.88 Å². The van der Waals surface area contributed by atoms with E-state index in [1.807, 2.05) is 12.1 Å². The summed E-state index contributed by atoms with van der Waals surface area (Å²) < 4.78 is 5.14. The summed E-state index contributed by atoms with van der Waals surface area (Å²) in [6.07, 6.45) is 6.53. The van der Waals surface area contributed by atoms with Gasteiger partial charge in [-0.1, -0.05) is 0 Å². The normalized spacial score (nSPS) is 14.4. The molecule has 0 aliphatic carbocycles. The summed E-state index contributed by atoms with van der Waals surface area (Å²) in [7, 11) is 1.57. The quantitative estimate of drug-likeness (QED) is 0.512. The maximum Gasteiger partial charge on any atom is 0.278 e. The third kappa shape index (κ3) is 3.19. The fourth-order valence-electron chi connectivity index (χ4n) is 3.36. The first-order chi connectivity index (χ1) is 13.2. The van der Waals surface area contributed by atoms with Crippen LogP contribution >= 0.6 is 0 Å². The van der Waals surface area contributed by atoms with Crippen molar-refractivity contribution >= 4 is 28.0 Å². The Kier molecular flexibility index (Phi) is 4.41. The smallest absolute Gasteiger partial charge is 0.278 e. The minimum atomic E-state index is -0.368. The topological polar surface area (TPSA) is 97.5 Å². The van der Waals surface area contributed by atoms with E-state index in [4.69, 9.17) is 4.74 Å². The first kappa shape index (κ1) is 17.0. The highest BCUT2D eigenvalue weighted by molar-refractivity contribution is 5.99. The van der Waals surface area contributed by atoms with Crippen LogP contribution in [0.15, 0.2) is 43.0 Å². The second-order valence-corrected chi connectivity index (χ2v) is 6.18. The van der Waals surface area contributed by atoms with Gasteiger partial charge >= 0.3 is 0 Å². The Balaban J connectivity index is 1.58. The third-order valence-electron chi connectivity index (χ3n) is 4.72. The van der Waals surface area contributed by atoms with E-state index in [0.29, 0.717) is 11.3 Å². The molecular weight excluding hydrogens is 348 g/mol. The van der Waals surface area contributed by atoms with Gasteiger partial charge in [0, 0.05) is 55.7 Å². The van der Waals surface area contributed by atoms with E-state index in [1.165, 1.54) is 0 Å². The van der Waals surface area contributed by atoms with Gasteiger partial charge < -0.3 is 14.5 Å². The molecule has 0 radical (unpaired) electrons. The lowest BCUT2D eigenvalue weighted by molar-refractivity contribution is -0.383. The van der Waals surface area contributed by atoms with Gasteiger partial charge in [-0.3, -0.25) is 20.1 Å². The highest BCUT2D eigenvalue weighted by atomic mass is 16.6. The van der Waals surface area contributed by atoms with Crippen molar-refractivity contribution in [3.8, 4) is 5.88 Å². The second-order valence-electron chi connectivity index (χ2n) is 6.18. The molecule has 9 heteroatoms. The summed E-state index contributed by atoms with van der Waals surface area (Å²) in [5.74, 6) is 1.27. The predicted octanol–water partition coefficient (Wildman–Crippen LogP) is 2.27. The summed E-state index contributed by atoms with van der Waals surface area (Å²) in [5.41, 5.74) is 1.06. The Morgan fingerprint density at radius 1 is 1.00 bits per heavy atom. The van der Waals surface area contributed by atoms with Crippen molar-refractivity contribution in [3.63, 3.8) is 0 Å². The van der Waals surface area contributed by atoms with Gasteiger partial charge in [0.15, 0.2) is 5.82 Å². The van der Waals surface area contributed by atoms with Crippen LogP contribution in [0.5, 0.6) is 5.88 Å². The summed E-state index contributed by atoms with van der Waals surface area (Å²) in [4.78, 5) is 28.0. The number of anilines is 2. The summed E-state index contributed by atoms with van der Waals surface area (Å²) in [6, 6.07) is 5.21. The standard InChI is InChI=1S/C18H18N6O3/c1-27-18-12-20-11-17(21-18)23-8-6-22(7-9-23)15-2-3-16(24(25)26)14-10-19-5-4-13(14)15/h2-5,10-12H,6-9H2,1H3. The number of aromatic nitrogens is 3. The maximum absolute atomic E-state index is 11.3. The molecule has 138 valence electrons. The third-order valence-corrected chi connectivity index (χ3v) is 4.72. The summed E-state index contributed by atoms with van der Waals surface area (Å²) >= 11 is 0. The molecule has 1 fully saturated rings. The van der Waals surface area contributed by atoms with Crippen LogP contribution in [0.3, 0.4) is 0 Å². The van der Waals surface area contributed by atoms with E-state index in [1.54, 1.807) is 38.0 Å². The lowest BCUT2D eigenvalue weighted by atomic mass is 10.1. The van der Waals surface area contributed by atoms with Crippen LogP contribution in [0.25, 0.3) is 10.8 Å². The predicted molar refractivity (Wildman–Crippen MR) is 101 cm³/mol. The second kappa shape index (κ2) is 7.02. The molecular formula is C18H18N6O3. The molecule has 0 bridgehead atoms. The molecule has 4 rings (SSSR count). The van der Waals surface area contributed by atoms with E-state index < -0.39 is 0 Å². The lowest BCUT2D eigenvalue weighted by Crippen LogP contribution is -2.47. The molecule has 1 saturated heterocycles. The molecule has 27 heavy (non-hydrogen) atoms. The van der Waals surface area contributed by atoms with Gasteiger partial charge in [0.25, 0.3) is 5.69 Å². The fourth-order valence-corrected chi connectivity index (χ4v) is 3.36. The highest BCUT2D eigenvalue weighted by Gasteiger charge is 2.22. The highest BCUT2D eigenvalue weighted by Crippen LogP contribution is 2.33. The fraction of sp³-hybridized carbons (Fsp3) is 0.278. The molecule has 0 unspecified atom stereocenters. The number of ether oxygens (including phenoxy) is 1. The number of non-ortho nitro benzene ring substituents is 1. The molecule has 0 atom stereocenters. The van der Waals surface area contributed by atoms with Gasteiger partial charge in [-0.2, -0.15) is 4.98 Å². The molecule has 0 amide bonds. The van der Waals surface area contributed by atoms with Crippen molar-refractivity contribution in [2.24, 2.45) is 0 Å². The number of nitro groups is 1. The molecule has 3 heterocycles. The number of rotatable bonds is 4. The van der Waals surface area contributed by atoms with E-state index in [-0.39, 0.29) is 10.6 Å². The number of methoxy groups -OCH3 is 1. The Morgan fingerprint density at radius 2 is 1.78 bits per heavy atom. The molecule has 0 saturated carbocycles. The average Bonchev–Trinajstić information content (AvgIpc) is 2.73. The van der Waals surface area contributed by atoms with Gasteiger partial charge in [-0.25, -0.2) is 0 Å². The number of piperazine rings is 1. The first-order valence-electron chi connectivity index (χ1n) is 8.54. The van der Waals surface area contributed by atoms with Gasteiger partial charge in [-0.05, 0) is 12.1 Å². The van der Waals surface area contributed by atoms with Gasteiger partial charge in [-0.15, -0.1) is 0 Å². The molecule has 0 N–H and O–H groups in total. The van der Waals surface area contributed by atoms with Crippen LogP contribution in [0.1, 0.15) is 0 Å². The van der Waals surface area contributed by atoms with Crippen LogP contribution < -0.4 is 14.5 Å². The van der Waals surface area contributed by atoms with Crippen LogP contribution in [-0.2, 0) is 0 Å².